The van der Waals surface area contributed by atoms with Gasteiger partial charge in [-0.2, -0.15) is 0 Å². The molecule has 3 rings (SSSR count). The van der Waals surface area contributed by atoms with E-state index in [4.69, 9.17) is 4.98 Å². The van der Waals surface area contributed by atoms with Crippen LogP contribution in [0, 0.1) is 69.2 Å². The van der Waals surface area contributed by atoms with Crippen molar-refractivity contribution < 1.29 is 0 Å². The molecule has 4 nitrogen and oxygen atoms in total. The zero-order chi connectivity index (χ0) is 31.5. The van der Waals surface area contributed by atoms with Gasteiger partial charge in [-0.15, -0.1) is 0 Å². The number of pyridine rings is 2. The Morgan fingerprint density at radius 2 is 0.825 bits per heavy atom. The van der Waals surface area contributed by atoms with Crippen molar-refractivity contribution in [2.24, 2.45) is 0 Å². The summed E-state index contributed by atoms with van der Waals surface area (Å²) >= 11 is 0. The summed E-state index contributed by atoms with van der Waals surface area (Å²) in [5.74, 6) is 0.869. The maximum absolute atomic E-state index is 4.70. The van der Waals surface area contributed by atoms with Gasteiger partial charge in [-0.1, -0.05) is 62.3 Å². The van der Waals surface area contributed by atoms with Gasteiger partial charge in [-0.25, -0.2) is 9.97 Å². The largest absolute Gasteiger partial charge is 0.261 e. The molecule has 0 aliphatic heterocycles. The monoisotopic (exact) mass is 546 g/mol. The summed E-state index contributed by atoms with van der Waals surface area (Å²) in [5.41, 5.74) is 15.6. The summed E-state index contributed by atoms with van der Waals surface area (Å²) in [4.78, 5) is 17.9. The molecule has 0 amide bonds. The van der Waals surface area contributed by atoms with Crippen LogP contribution >= 0.6 is 0 Å². The minimum atomic E-state index is 0.114. The number of hydrogen-bond acceptors (Lipinski definition) is 4. The molecule has 0 fully saturated rings. The normalized spacial score (nSPS) is 11.9. The van der Waals surface area contributed by atoms with Crippen LogP contribution in [0.5, 0.6) is 0 Å². The van der Waals surface area contributed by atoms with Crippen LogP contribution in [-0.4, -0.2) is 19.9 Å². The molecular weight excluding hydrogens is 488 g/mol. The molecule has 3 heterocycles. The van der Waals surface area contributed by atoms with Gasteiger partial charge in [0.15, 0.2) is 0 Å². The first-order valence-corrected chi connectivity index (χ1v) is 14.6. The molecular formula is C36H58N4. The van der Waals surface area contributed by atoms with Crippen molar-refractivity contribution in [3.63, 3.8) is 0 Å². The van der Waals surface area contributed by atoms with Crippen LogP contribution < -0.4 is 0 Å². The summed E-state index contributed by atoms with van der Waals surface area (Å²) in [7, 11) is 0. The minimum absolute atomic E-state index is 0.114. The molecule has 3 aromatic heterocycles. The second-order valence-corrected chi connectivity index (χ2v) is 14.5. The lowest BCUT2D eigenvalue weighted by Gasteiger charge is -2.23. The molecule has 40 heavy (non-hydrogen) atoms. The van der Waals surface area contributed by atoms with Crippen molar-refractivity contribution in [2.45, 2.75) is 148 Å². The van der Waals surface area contributed by atoms with Crippen LogP contribution in [0.2, 0.25) is 0 Å². The fourth-order valence-corrected chi connectivity index (χ4v) is 4.88. The Bertz CT molecular complexity index is 1330. The average molecular weight is 547 g/mol. The van der Waals surface area contributed by atoms with Gasteiger partial charge in [0.05, 0.1) is 5.69 Å². The zero-order valence-electron chi connectivity index (χ0n) is 29.4. The number of nitrogens with zero attached hydrogens (tertiary/aromatic N) is 4. The van der Waals surface area contributed by atoms with Gasteiger partial charge in [0.25, 0.3) is 0 Å². The molecule has 0 N–H and O–H groups in total. The Morgan fingerprint density at radius 3 is 1.27 bits per heavy atom. The van der Waals surface area contributed by atoms with Gasteiger partial charge in [-0.3, -0.25) is 9.97 Å². The second kappa shape index (κ2) is 12.9. The van der Waals surface area contributed by atoms with E-state index in [1.807, 2.05) is 20.0 Å². The number of rotatable bonds is 0. The maximum atomic E-state index is 4.70. The van der Waals surface area contributed by atoms with Crippen molar-refractivity contribution in [3.05, 3.63) is 79.4 Å². The fraction of sp³-hybridized carbons (Fsp3) is 0.611. The molecule has 0 aromatic carbocycles. The van der Waals surface area contributed by atoms with E-state index in [1.165, 1.54) is 44.6 Å². The molecule has 0 bridgehead atoms. The van der Waals surface area contributed by atoms with Crippen LogP contribution in [0.15, 0.2) is 6.20 Å². The zero-order valence-corrected chi connectivity index (χ0v) is 29.4. The molecule has 4 heteroatoms. The number of aryl methyl sites for hydroxylation is 4. The van der Waals surface area contributed by atoms with Crippen LogP contribution in [0.25, 0.3) is 0 Å². The molecule has 0 radical (unpaired) electrons. The highest BCUT2D eigenvalue weighted by Gasteiger charge is 2.21. The Hall–Kier alpha value is -2.62. The van der Waals surface area contributed by atoms with Crippen molar-refractivity contribution in [2.75, 3.05) is 0 Å². The number of hydrogen-bond donors (Lipinski definition) is 0. The topological polar surface area (TPSA) is 51.6 Å². The molecule has 0 unspecified atom stereocenters. The first-order valence-electron chi connectivity index (χ1n) is 14.6. The van der Waals surface area contributed by atoms with Crippen molar-refractivity contribution in [1.82, 2.24) is 19.9 Å². The summed E-state index contributed by atoms with van der Waals surface area (Å²) in [6.45, 7) is 41.0. The summed E-state index contributed by atoms with van der Waals surface area (Å²) < 4.78 is 0. The van der Waals surface area contributed by atoms with E-state index in [0.29, 0.717) is 0 Å². The standard InChI is InChI=1S/C13H21N.C12H19N.C11H18N2/c1-8-9(2)11(4)14-12(10(8)3)13(5,6)7;1-8-9(2)11(12(4,5)6)7-13-10(8)3;1-7-8(2)12-9(3)13-10(7)11(4,5)6/h1-7H3;7H,1-6H3;1-6H3. The van der Waals surface area contributed by atoms with Gasteiger partial charge in [0.1, 0.15) is 5.82 Å². The van der Waals surface area contributed by atoms with Gasteiger partial charge >= 0.3 is 0 Å². The smallest absolute Gasteiger partial charge is 0.125 e. The van der Waals surface area contributed by atoms with E-state index in [-0.39, 0.29) is 16.2 Å². The SMILES string of the molecule is Cc1nc(C(C)(C)C)c(C)c(C)c1C.Cc1nc(C)c(C)c(C(C)(C)C)n1.Cc1ncc(C(C)(C)C)c(C)c1C. The van der Waals surface area contributed by atoms with Crippen molar-refractivity contribution in [1.29, 1.82) is 0 Å². The molecule has 0 aliphatic rings. The lowest BCUT2D eigenvalue weighted by Crippen LogP contribution is -2.17. The third-order valence-electron chi connectivity index (χ3n) is 7.93. The quantitative estimate of drug-likeness (QED) is 0.282. The molecule has 222 valence electrons. The highest BCUT2D eigenvalue weighted by Crippen LogP contribution is 2.29. The first kappa shape index (κ1) is 35.4. The number of aromatic nitrogens is 4. The predicted molar refractivity (Wildman–Crippen MR) is 174 cm³/mol. The Balaban J connectivity index is 0.000000300. The highest BCUT2D eigenvalue weighted by molar-refractivity contribution is 5.40. The van der Waals surface area contributed by atoms with E-state index >= 15 is 0 Å². The summed E-state index contributed by atoms with van der Waals surface area (Å²) in [5, 5.41) is 0. The van der Waals surface area contributed by atoms with Crippen molar-refractivity contribution in [3.8, 4) is 0 Å². The third kappa shape index (κ3) is 8.94. The average Bonchev–Trinajstić information content (AvgIpc) is 2.79. The van der Waals surface area contributed by atoms with Gasteiger partial charge in [-0.05, 0) is 114 Å². The van der Waals surface area contributed by atoms with Crippen LogP contribution in [0.1, 0.15) is 136 Å². The summed E-state index contributed by atoms with van der Waals surface area (Å²) in [6.07, 6.45) is 2.01. The Morgan fingerprint density at radius 1 is 0.400 bits per heavy atom. The van der Waals surface area contributed by atoms with E-state index in [9.17, 15) is 0 Å². The molecule has 0 atom stereocenters. The first-order chi connectivity index (χ1) is 17.9. The van der Waals surface area contributed by atoms with Gasteiger partial charge in [0.2, 0.25) is 0 Å². The van der Waals surface area contributed by atoms with Gasteiger partial charge in [0, 0.05) is 39.8 Å². The maximum Gasteiger partial charge on any atom is 0.125 e. The molecule has 0 spiro atoms. The molecule has 3 aromatic rings. The highest BCUT2D eigenvalue weighted by atomic mass is 14.9. The third-order valence-corrected chi connectivity index (χ3v) is 7.93. The molecule has 0 aliphatic carbocycles. The van der Waals surface area contributed by atoms with Crippen LogP contribution in [0.4, 0.5) is 0 Å². The van der Waals surface area contributed by atoms with E-state index in [1.54, 1.807) is 0 Å². The molecule has 0 saturated carbocycles. The Labute approximate surface area is 246 Å². The van der Waals surface area contributed by atoms with E-state index in [0.717, 1.165) is 28.6 Å². The van der Waals surface area contributed by atoms with Crippen LogP contribution in [-0.2, 0) is 16.2 Å². The van der Waals surface area contributed by atoms with E-state index < -0.39 is 0 Å². The minimum Gasteiger partial charge on any atom is -0.261 e. The lowest BCUT2D eigenvalue weighted by atomic mass is 9.84. The predicted octanol–water partition coefficient (Wildman–Crippen LogP) is 9.62. The lowest BCUT2D eigenvalue weighted by molar-refractivity contribution is 0.557. The van der Waals surface area contributed by atoms with E-state index in [2.05, 4.69) is 133 Å². The van der Waals surface area contributed by atoms with Crippen molar-refractivity contribution >= 4 is 0 Å². The fourth-order valence-electron chi connectivity index (χ4n) is 4.88. The van der Waals surface area contributed by atoms with Gasteiger partial charge < -0.3 is 0 Å². The summed E-state index contributed by atoms with van der Waals surface area (Å²) in [6, 6.07) is 0. The Kier molecular flexibility index (Phi) is 11.4. The van der Waals surface area contributed by atoms with Crippen LogP contribution in [0.3, 0.4) is 0 Å². The second-order valence-electron chi connectivity index (χ2n) is 14.5. The molecule has 0 saturated heterocycles.